The Morgan fingerprint density at radius 1 is 0.379 bits per heavy atom. The Morgan fingerprint density at radius 3 is 1.02 bits per heavy atom. The molecule has 0 fully saturated rings. The third kappa shape index (κ3) is 48.1. The molecule has 0 amide bonds. The maximum atomic E-state index is 10.1. The second-order valence-electron chi connectivity index (χ2n) is 18.6. The van der Waals surface area contributed by atoms with Gasteiger partial charge in [-0.25, -0.2) is 0 Å². The molecule has 0 aliphatic heterocycles. The molecule has 3 atom stereocenters. The Labute approximate surface area is 406 Å². The van der Waals surface area contributed by atoms with Gasteiger partial charge in [0.25, 0.3) is 0 Å². The Morgan fingerprint density at radius 2 is 0.682 bits per heavy atom. The zero-order valence-corrected chi connectivity index (χ0v) is 43.1. The van der Waals surface area contributed by atoms with Crippen molar-refractivity contribution >= 4 is 0 Å². The summed E-state index contributed by atoms with van der Waals surface area (Å²) in [6.45, 7) is 18.8. The summed E-state index contributed by atoms with van der Waals surface area (Å²) in [6.07, 6.45) is 49.1. The first-order chi connectivity index (χ1) is 32.2. The van der Waals surface area contributed by atoms with Crippen molar-refractivity contribution < 1.29 is 44.6 Å². The van der Waals surface area contributed by atoms with E-state index in [0.717, 1.165) is 154 Å². The van der Waals surface area contributed by atoms with Crippen LogP contribution in [-0.2, 0) is 29.3 Å². The number of allylic oxidation sites excluding steroid dienone is 6. The molecule has 386 valence electrons. The van der Waals surface area contributed by atoms with Gasteiger partial charge in [-0.2, -0.15) is 14.7 Å². The van der Waals surface area contributed by atoms with Crippen LogP contribution in [0.2, 0.25) is 0 Å². The van der Waals surface area contributed by atoms with Crippen molar-refractivity contribution in [3.8, 4) is 0 Å². The highest BCUT2D eigenvalue weighted by Crippen LogP contribution is 2.17. The second-order valence-corrected chi connectivity index (χ2v) is 18.6. The molecule has 0 aromatic carbocycles. The Bertz CT molecular complexity index is 1110. The summed E-state index contributed by atoms with van der Waals surface area (Å²) in [5.41, 5.74) is 0. The van der Waals surface area contributed by atoms with Crippen LogP contribution < -0.4 is 0 Å². The lowest BCUT2D eigenvalue weighted by Gasteiger charge is -2.18. The minimum atomic E-state index is -0.644. The van der Waals surface area contributed by atoms with E-state index in [2.05, 4.69) is 77.0 Å². The largest absolute Gasteiger partial charge is 0.393 e. The lowest BCUT2D eigenvalue weighted by molar-refractivity contribution is -0.369. The van der Waals surface area contributed by atoms with Crippen molar-refractivity contribution in [1.82, 2.24) is 0 Å². The topological polar surface area (TPSA) is 116 Å². The Balaban J connectivity index is 4.49. The van der Waals surface area contributed by atoms with Gasteiger partial charge in [-0.1, -0.05) is 193 Å². The lowest BCUT2D eigenvalue weighted by atomic mass is 10.1. The normalized spacial score (nSPS) is 13.7. The molecule has 3 N–H and O–H groups in total. The minimum Gasteiger partial charge on any atom is -0.393 e. The van der Waals surface area contributed by atoms with Gasteiger partial charge in [0.05, 0.1) is 18.3 Å². The third-order valence-corrected chi connectivity index (χ3v) is 11.8. The van der Waals surface area contributed by atoms with Crippen LogP contribution >= 0.6 is 0 Å². The molecule has 0 aliphatic carbocycles. The first kappa shape index (κ1) is 63.6. The van der Waals surface area contributed by atoms with Crippen molar-refractivity contribution in [2.75, 3.05) is 13.2 Å². The number of unbranched alkanes of at least 4 members (excludes halogenated alkanes) is 21. The van der Waals surface area contributed by atoms with Gasteiger partial charge in [-0.3, -0.25) is 0 Å². The fourth-order valence-corrected chi connectivity index (χ4v) is 7.45. The van der Waals surface area contributed by atoms with Crippen molar-refractivity contribution in [2.24, 2.45) is 0 Å². The lowest BCUT2D eigenvalue weighted by Crippen LogP contribution is -2.26. The van der Waals surface area contributed by atoms with E-state index in [1.807, 2.05) is 0 Å². The summed E-state index contributed by atoms with van der Waals surface area (Å²) in [6, 6.07) is 0. The van der Waals surface area contributed by atoms with Crippen molar-refractivity contribution in [3.05, 3.63) is 73.5 Å². The fourth-order valence-electron chi connectivity index (χ4n) is 7.45. The Hall–Kier alpha value is -2.40. The van der Waals surface area contributed by atoms with Crippen LogP contribution in [0.4, 0.5) is 0 Å². The molecule has 0 aromatic rings. The average molecular weight is 933 g/mol. The summed E-state index contributed by atoms with van der Waals surface area (Å²) in [5.74, 6) is 1.66. The summed E-state index contributed by atoms with van der Waals surface area (Å²) in [4.78, 5) is 33.3. The molecular weight excluding hydrogens is 829 g/mol. The van der Waals surface area contributed by atoms with Crippen LogP contribution in [-0.4, -0.2) is 52.9 Å². The summed E-state index contributed by atoms with van der Waals surface area (Å²) < 4.78 is 0. The molecule has 0 bridgehead atoms. The summed E-state index contributed by atoms with van der Waals surface area (Å²) >= 11 is 0. The van der Waals surface area contributed by atoms with Crippen LogP contribution in [0.1, 0.15) is 252 Å². The van der Waals surface area contributed by atoms with E-state index in [1.54, 1.807) is 0 Å². The van der Waals surface area contributed by atoms with Crippen molar-refractivity contribution in [2.45, 2.75) is 276 Å². The zero-order chi connectivity index (χ0) is 48.4. The molecule has 9 nitrogen and oxygen atoms in total. The molecule has 0 aliphatic rings. The average Bonchev–Trinajstić information content (AvgIpc) is 3.30. The highest BCUT2D eigenvalue weighted by molar-refractivity contribution is 4.87. The molecule has 0 aromatic heterocycles. The van der Waals surface area contributed by atoms with Gasteiger partial charge in [-0.15, -0.1) is 0 Å². The van der Waals surface area contributed by atoms with Crippen molar-refractivity contribution in [3.63, 3.8) is 0 Å². The van der Waals surface area contributed by atoms with E-state index in [-0.39, 0.29) is 31.5 Å². The number of hydrogen-bond acceptors (Lipinski definition) is 9. The highest BCUT2D eigenvalue weighted by Gasteiger charge is 2.16. The minimum absolute atomic E-state index is 0.0394. The molecular formula is C57H104O9. The molecule has 0 saturated carbocycles. The molecule has 3 unspecified atom stereocenters. The number of hydrogen-bond donors (Lipinski definition) is 3. The quantitative estimate of drug-likeness (QED) is 0.0180. The third-order valence-electron chi connectivity index (χ3n) is 11.8. The first-order valence-corrected chi connectivity index (χ1v) is 27.2. The molecule has 9 heteroatoms. The maximum absolute atomic E-state index is 10.1. The van der Waals surface area contributed by atoms with E-state index in [9.17, 15) is 15.3 Å². The van der Waals surface area contributed by atoms with Crippen LogP contribution in [0.25, 0.3) is 0 Å². The molecule has 0 heterocycles. The highest BCUT2D eigenvalue weighted by atomic mass is 17.2. The molecule has 0 spiro atoms. The molecule has 66 heavy (non-hydrogen) atoms. The van der Waals surface area contributed by atoms with Crippen molar-refractivity contribution in [1.29, 1.82) is 0 Å². The van der Waals surface area contributed by atoms with Gasteiger partial charge in [0.2, 0.25) is 0 Å². The van der Waals surface area contributed by atoms with E-state index in [1.165, 1.54) is 57.8 Å². The first-order valence-electron chi connectivity index (χ1n) is 27.2. The number of aliphatic hydroxyl groups is 3. The van der Waals surface area contributed by atoms with E-state index >= 15 is 0 Å². The van der Waals surface area contributed by atoms with Crippen LogP contribution in [0.3, 0.4) is 0 Å². The van der Waals surface area contributed by atoms with E-state index < -0.39 is 6.10 Å². The van der Waals surface area contributed by atoms with Gasteiger partial charge < -0.3 is 30.0 Å². The van der Waals surface area contributed by atoms with Gasteiger partial charge >= 0.3 is 0 Å². The number of rotatable bonds is 53. The van der Waals surface area contributed by atoms with E-state index in [0.29, 0.717) is 36.5 Å². The van der Waals surface area contributed by atoms with Crippen LogP contribution in [0.15, 0.2) is 73.5 Å². The van der Waals surface area contributed by atoms with Crippen LogP contribution in [0.5, 0.6) is 0 Å². The van der Waals surface area contributed by atoms with Gasteiger partial charge in [-0.05, 0) is 96.3 Å². The smallest absolute Gasteiger partial charge is 0.159 e. The molecule has 0 radical (unpaired) electrons. The Kier molecular flexibility index (Phi) is 48.6. The zero-order valence-electron chi connectivity index (χ0n) is 43.1. The summed E-state index contributed by atoms with van der Waals surface area (Å²) in [7, 11) is 0. The predicted molar refractivity (Wildman–Crippen MR) is 276 cm³/mol. The standard InChI is InChI=1S/C57H104O9/c1-7-10-13-34-43-54(58)46-37-28-22-16-19-25-31-40-51(4)63-61-49-57(66-65-53(6)42-33-27-21-18-24-30-39-48-56(60)45-36-15-12-9-3)50-62-64-52(5)41-32-26-20-17-23-29-38-47-55(59)44-35-14-11-8-2/h28-30,37-39,54-60H,4-27,31-36,40-50H2,1-3H3/b37-28+,38-29+,39-30+. The SMILES string of the molecule is C=C(CCCCCC/C=C/CC(O)CCCCCC)OOCC(COOC(=C)CCCCCC/C=C/CC(O)CCCCCC)OOC(=C)CCCCCC/C=C/CC(O)CCCCCC. The second kappa shape index (κ2) is 50.5. The van der Waals surface area contributed by atoms with Crippen LogP contribution in [0, 0.1) is 0 Å². The van der Waals surface area contributed by atoms with E-state index in [4.69, 9.17) is 29.3 Å². The fraction of sp³-hybridized carbons (Fsp3) is 0.789. The molecule has 0 rings (SSSR count). The summed E-state index contributed by atoms with van der Waals surface area (Å²) in [5, 5.41) is 30.4. The van der Waals surface area contributed by atoms with Gasteiger partial charge in [0, 0.05) is 19.3 Å². The van der Waals surface area contributed by atoms with Gasteiger partial charge in [0.15, 0.2) is 6.10 Å². The monoisotopic (exact) mass is 933 g/mol. The van der Waals surface area contributed by atoms with Gasteiger partial charge in [0.1, 0.15) is 30.5 Å². The predicted octanol–water partition coefficient (Wildman–Crippen LogP) is 16.6. The number of aliphatic hydroxyl groups excluding tert-OH is 3. The maximum Gasteiger partial charge on any atom is 0.159 e. The molecule has 0 saturated heterocycles.